The Morgan fingerprint density at radius 3 is 2.26 bits per heavy atom. The number of carbonyl (C=O) groups is 1. The zero-order valence-electron chi connectivity index (χ0n) is 16.1. The van der Waals surface area contributed by atoms with Gasteiger partial charge in [0.05, 0.1) is 0 Å². The van der Waals surface area contributed by atoms with Crippen LogP contribution >= 0.6 is 0 Å². The van der Waals surface area contributed by atoms with Gasteiger partial charge in [-0.15, -0.1) is 0 Å². The molecule has 4 nitrogen and oxygen atoms in total. The minimum atomic E-state index is -0.188. The van der Waals surface area contributed by atoms with Crippen LogP contribution in [-0.4, -0.2) is 43.5 Å². The van der Waals surface area contributed by atoms with Gasteiger partial charge in [-0.2, -0.15) is 0 Å². The van der Waals surface area contributed by atoms with Crippen molar-refractivity contribution in [3.8, 4) is 0 Å². The van der Waals surface area contributed by atoms with E-state index in [2.05, 4.69) is 46.3 Å². The molecule has 0 bridgehead atoms. The van der Waals surface area contributed by atoms with Crippen LogP contribution in [0.3, 0.4) is 0 Å². The molecule has 1 fully saturated rings. The molecule has 1 amide bonds. The van der Waals surface area contributed by atoms with Crippen molar-refractivity contribution in [1.82, 2.24) is 10.2 Å². The van der Waals surface area contributed by atoms with Gasteiger partial charge >= 0.3 is 0 Å². The Labute approximate surface area is 161 Å². The number of nitrogens with zero attached hydrogens (tertiary/aromatic N) is 2. The van der Waals surface area contributed by atoms with Crippen molar-refractivity contribution in [3.05, 3.63) is 65.5 Å². The number of hydrogen-bond acceptors (Lipinski definition) is 3. The van der Waals surface area contributed by atoms with Gasteiger partial charge in [-0.25, -0.2) is 4.39 Å². The molecule has 0 aromatic heterocycles. The van der Waals surface area contributed by atoms with E-state index in [-0.39, 0.29) is 11.7 Å². The molecule has 1 saturated heterocycles. The van der Waals surface area contributed by atoms with Crippen LogP contribution in [0, 0.1) is 5.82 Å². The number of benzene rings is 2. The Bertz CT molecular complexity index is 737. The molecule has 0 unspecified atom stereocenters. The van der Waals surface area contributed by atoms with Gasteiger partial charge in [-0.1, -0.05) is 24.3 Å². The van der Waals surface area contributed by atoms with Crippen molar-refractivity contribution < 1.29 is 9.18 Å². The fraction of sp³-hybridized carbons (Fsp3) is 0.409. The summed E-state index contributed by atoms with van der Waals surface area (Å²) in [5.41, 5.74) is 3.64. The highest BCUT2D eigenvalue weighted by molar-refractivity contribution is 5.72. The fourth-order valence-corrected chi connectivity index (χ4v) is 3.58. The molecule has 2 aromatic carbocycles. The maximum atomic E-state index is 13.1. The fourth-order valence-electron chi connectivity index (χ4n) is 3.58. The first-order valence-electron chi connectivity index (χ1n) is 9.61. The van der Waals surface area contributed by atoms with Crippen LogP contribution in [0.4, 0.5) is 10.1 Å². The lowest BCUT2D eigenvalue weighted by Crippen LogP contribution is -2.47. The quantitative estimate of drug-likeness (QED) is 0.848. The SMILES string of the molecule is CC(=O)NCCc1ccc([C@@H](C)N2CCN(c3ccc(F)cc3)CC2)cc1. The molecule has 1 aliphatic rings. The summed E-state index contributed by atoms with van der Waals surface area (Å²) in [6.07, 6.45) is 0.852. The number of anilines is 1. The third-order valence-corrected chi connectivity index (χ3v) is 5.30. The molecule has 5 heteroatoms. The molecule has 2 aromatic rings. The summed E-state index contributed by atoms with van der Waals surface area (Å²) in [5, 5.41) is 2.83. The largest absolute Gasteiger partial charge is 0.369 e. The van der Waals surface area contributed by atoms with Crippen molar-refractivity contribution in [2.75, 3.05) is 37.6 Å². The summed E-state index contributed by atoms with van der Waals surface area (Å²) in [5.74, 6) is -0.174. The van der Waals surface area contributed by atoms with Gasteiger partial charge in [-0.3, -0.25) is 9.69 Å². The number of carbonyl (C=O) groups excluding carboxylic acids is 1. The van der Waals surface area contributed by atoms with Crippen molar-refractivity contribution in [2.45, 2.75) is 26.3 Å². The summed E-state index contributed by atoms with van der Waals surface area (Å²) < 4.78 is 13.1. The van der Waals surface area contributed by atoms with E-state index >= 15 is 0 Å². The molecule has 1 atom stereocenters. The number of halogens is 1. The molecule has 27 heavy (non-hydrogen) atoms. The first-order valence-corrected chi connectivity index (χ1v) is 9.61. The standard InChI is InChI=1S/C22H28FN3O/c1-17(20-5-3-19(4-6-20)11-12-24-18(2)27)25-13-15-26(16-14-25)22-9-7-21(23)8-10-22/h3-10,17H,11-16H2,1-2H3,(H,24,27)/t17-/m1/s1. The Hall–Kier alpha value is -2.40. The second-order valence-corrected chi connectivity index (χ2v) is 7.15. The number of rotatable bonds is 6. The van der Waals surface area contributed by atoms with Crippen LogP contribution in [0.25, 0.3) is 0 Å². The second kappa shape index (κ2) is 9.00. The zero-order valence-corrected chi connectivity index (χ0v) is 16.1. The lowest BCUT2D eigenvalue weighted by atomic mass is 10.0. The average molecular weight is 369 g/mol. The van der Waals surface area contributed by atoms with Crippen LogP contribution in [0.1, 0.15) is 31.0 Å². The van der Waals surface area contributed by atoms with Crippen molar-refractivity contribution in [3.63, 3.8) is 0 Å². The molecule has 0 aliphatic carbocycles. The molecule has 0 saturated carbocycles. The third-order valence-electron chi connectivity index (χ3n) is 5.30. The first-order chi connectivity index (χ1) is 13.0. The molecule has 0 spiro atoms. The van der Waals surface area contributed by atoms with Gasteiger partial charge in [0.15, 0.2) is 0 Å². The van der Waals surface area contributed by atoms with Crippen LogP contribution < -0.4 is 10.2 Å². The van der Waals surface area contributed by atoms with Crippen LogP contribution in [0.2, 0.25) is 0 Å². The Morgan fingerprint density at radius 2 is 1.67 bits per heavy atom. The highest BCUT2D eigenvalue weighted by Crippen LogP contribution is 2.24. The molecule has 1 aliphatic heterocycles. The minimum absolute atomic E-state index is 0.0139. The lowest BCUT2D eigenvalue weighted by molar-refractivity contribution is -0.118. The van der Waals surface area contributed by atoms with E-state index < -0.39 is 0 Å². The van der Waals surface area contributed by atoms with E-state index in [4.69, 9.17) is 0 Å². The van der Waals surface area contributed by atoms with Gasteiger partial charge in [0.25, 0.3) is 0 Å². The maximum absolute atomic E-state index is 13.1. The van der Waals surface area contributed by atoms with Crippen molar-refractivity contribution in [2.24, 2.45) is 0 Å². The summed E-state index contributed by atoms with van der Waals surface area (Å²) in [4.78, 5) is 15.7. The van der Waals surface area contributed by atoms with E-state index in [0.717, 1.165) is 38.3 Å². The summed E-state index contributed by atoms with van der Waals surface area (Å²) in [7, 11) is 0. The molecule has 144 valence electrons. The monoisotopic (exact) mass is 369 g/mol. The highest BCUT2D eigenvalue weighted by Gasteiger charge is 2.22. The number of nitrogens with one attached hydrogen (secondary N) is 1. The van der Waals surface area contributed by atoms with Crippen LogP contribution in [0.15, 0.2) is 48.5 Å². The minimum Gasteiger partial charge on any atom is -0.369 e. The average Bonchev–Trinajstić information content (AvgIpc) is 2.68. The highest BCUT2D eigenvalue weighted by atomic mass is 19.1. The first kappa shape index (κ1) is 19.4. The summed E-state index contributed by atoms with van der Waals surface area (Å²) in [6, 6.07) is 15.8. The van der Waals surface area contributed by atoms with Gasteiger partial charge in [0.2, 0.25) is 5.91 Å². The predicted octanol–water partition coefficient (Wildman–Crippen LogP) is 3.39. The van der Waals surface area contributed by atoms with Gasteiger partial charge in [0, 0.05) is 51.4 Å². The number of hydrogen-bond donors (Lipinski definition) is 1. The normalized spacial score (nSPS) is 16.2. The van der Waals surface area contributed by atoms with E-state index in [1.54, 1.807) is 6.92 Å². The maximum Gasteiger partial charge on any atom is 0.216 e. The molecule has 1 heterocycles. The Kier molecular flexibility index (Phi) is 6.45. The zero-order chi connectivity index (χ0) is 19.2. The van der Waals surface area contributed by atoms with Gasteiger partial charge in [-0.05, 0) is 48.7 Å². The van der Waals surface area contributed by atoms with Gasteiger partial charge < -0.3 is 10.2 Å². The number of piperazine rings is 1. The molecular formula is C22H28FN3O. The molecule has 1 N–H and O–H groups in total. The van der Waals surface area contributed by atoms with Gasteiger partial charge in [0.1, 0.15) is 5.82 Å². The summed E-state index contributed by atoms with van der Waals surface area (Å²) in [6.45, 7) is 8.34. The van der Waals surface area contributed by atoms with E-state index in [9.17, 15) is 9.18 Å². The van der Waals surface area contributed by atoms with E-state index in [1.165, 1.54) is 23.3 Å². The summed E-state index contributed by atoms with van der Waals surface area (Å²) >= 11 is 0. The molecule has 3 rings (SSSR count). The molecular weight excluding hydrogens is 341 g/mol. The smallest absolute Gasteiger partial charge is 0.216 e. The van der Waals surface area contributed by atoms with E-state index in [1.807, 2.05) is 12.1 Å². The molecule has 0 radical (unpaired) electrons. The third kappa shape index (κ3) is 5.30. The Balaban J connectivity index is 1.52. The second-order valence-electron chi connectivity index (χ2n) is 7.15. The van der Waals surface area contributed by atoms with Crippen molar-refractivity contribution >= 4 is 11.6 Å². The Morgan fingerprint density at radius 1 is 1.04 bits per heavy atom. The van der Waals surface area contributed by atoms with Crippen molar-refractivity contribution in [1.29, 1.82) is 0 Å². The lowest BCUT2D eigenvalue weighted by Gasteiger charge is -2.39. The van der Waals surface area contributed by atoms with Crippen LogP contribution in [-0.2, 0) is 11.2 Å². The predicted molar refractivity (Wildman–Crippen MR) is 107 cm³/mol. The number of amides is 1. The van der Waals surface area contributed by atoms with E-state index in [0.29, 0.717) is 12.6 Å². The van der Waals surface area contributed by atoms with Crippen LogP contribution in [0.5, 0.6) is 0 Å². The topological polar surface area (TPSA) is 35.6 Å².